The summed E-state index contributed by atoms with van der Waals surface area (Å²) in [5.74, 6) is 0.831. The molecule has 5 heteroatoms. The normalized spacial score (nSPS) is 15.1. The number of aromatic amines is 1. The number of nitrogens with zero attached hydrogens (tertiary/aromatic N) is 2. The number of aromatic nitrogens is 1. The van der Waals surface area contributed by atoms with Crippen molar-refractivity contribution in [3.8, 4) is 5.75 Å². The maximum absolute atomic E-state index is 11.5. The predicted octanol–water partition coefficient (Wildman–Crippen LogP) is 3.43. The van der Waals surface area contributed by atoms with Gasteiger partial charge in [-0.2, -0.15) is 0 Å². The van der Waals surface area contributed by atoms with E-state index in [1.807, 2.05) is 24.3 Å². The van der Waals surface area contributed by atoms with Crippen molar-refractivity contribution in [1.29, 1.82) is 0 Å². The zero-order valence-corrected chi connectivity index (χ0v) is 16.4. The molecule has 1 aromatic heterocycles. The fraction of sp³-hybridized carbons (Fsp3) is 0.348. The van der Waals surface area contributed by atoms with Crippen LogP contribution in [0.3, 0.4) is 0 Å². The molecular formula is C23H27N3O2. The second-order valence-electron chi connectivity index (χ2n) is 7.41. The van der Waals surface area contributed by atoms with Gasteiger partial charge in [0.15, 0.2) is 0 Å². The van der Waals surface area contributed by atoms with E-state index in [-0.39, 0.29) is 5.56 Å². The smallest absolute Gasteiger partial charge is 0.248 e. The average molecular weight is 377 g/mol. The van der Waals surface area contributed by atoms with Crippen LogP contribution < -0.4 is 15.2 Å². The minimum atomic E-state index is -0.0885. The molecule has 28 heavy (non-hydrogen) atoms. The number of piperazine rings is 1. The Morgan fingerprint density at radius 3 is 2.64 bits per heavy atom. The van der Waals surface area contributed by atoms with Crippen molar-refractivity contribution in [2.24, 2.45) is 0 Å². The lowest BCUT2D eigenvalue weighted by molar-refractivity contribution is 0.225. The Balaban J connectivity index is 1.24. The van der Waals surface area contributed by atoms with Crippen LogP contribution in [0.15, 0.2) is 59.4 Å². The highest BCUT2D eigenvalue weighted by atomic mass is 16.5. The largest absolute Gasteiger partial charge is 0.493 e. The summed E-state index contributed by atoms with van der Waals surface area (Å²) < 4.78 is 5.99. The number of anilines is 1. The first kappa shape index (κ1) is 18.6. The quantitative estimate of drug-likeness (QED) is 0.669. The Bertz CT molecular complexity index is 990. The third-order valence-corrected chi connectivity index (χ3v) is 5.34. The van der Waals surface area contributed by atoms with E-state index < -0.39 is 0 Å². The SMILES string of the molecule is Cc1cccc(N2CCN(CCCOc3cccc4[nH]c(=O)ccc34)CC2)c1. The highest BCUT2D eigenvalue weighted by molar-refractivity contribution is 5.84. The second-order valence-corrected chi connectivity index (χ2v) is 7.41. The standard InChI is InChI=1S/C23H27N3O2/c1-18-5-2-6-19(17-18)26-14-12-25(13-15-26)11-4-16-28-22-8-3-7-21-20(22)9-10-23(27)24-21/h2-3,5-10,17H,4,11-16H2,1H3,(H,24,27). The Morgan fingerprint density at radius 2 is 1.82 bits per heavy atom. The Hall–Kier alpha value is -2.79. The number of ether oxygens (including phenoxy) is 1. The predicted molar refractivity (Wildman–Crippen MR) is 115 cm³/mol. The van der Waals surface area contributed by atoms with Crippen molar-refractivity contribution < 1.29 is 4.74 Å². The molecule has 0 amide bonds. The molecule has 0 bridgehead atoms. The lowest BCUT2D eigenvalue weighted by Gasteiger charge is -2.36. The third-order valence-electron chi connectivity index (χ3n) is 5.34. The number of benzene rings is 2. The van der Waals surface area contributed by atoms with Gasteiger partial charge in [-0.15, -0.1) is 0 Å². The molecule has 0 unspecified atom stereocenters. The highest BCUT2D eigenvalue weighted by Gasteiger charge is 2.16. The molecule has 1 aliphatic rings. The Labute approximate surface area is 165 Å². The van der Waals surface area contributed by atoms with Crippen LogP contribution in [0.25, 0.3) is 10.9 Å². The van der Waals surface area contributed by atoms with Gasteiger partial charge >= 0.3 is 0 Å². The molecular weight excluding hydrogens is 350 g/mol. The maximum Gasteiger partial charge on any atom is 0.248 e. The molecule has 0 saturated carbocycles. The molecule has 0 radical (unpaired) electrons. The molecule has 0 spiro atoms. The van der Waals surface area contributed by atoms with Crippen molar-refractivity contribution in [1.82, 2.24) is 9.88 Å². The van der Waals surface area contributed by atoms with E-state index in [1.54, 1.807) is 6.07 Å². The van der Waals surface area contributed by atoms with Gasteiger partial charge in [-0.25, -0.2) is 0 Å². The second kappa shape index (κ2) is 8.48. The molecule has 2 aromatic carbocycles. The minimum absolute atomic E-state index is 0.0885. The van der Waals surface area contributed by atoms with Gasteiger partial charge in [0.1, 0.15) is 5.75 Å². The fourth-order valence-corrected chi connectivity index (χ4v) is 3.81. The number of nitrogens with one attached hydrogen (secondary N) is 1. The van der Waals surface area contributed by atoms with Gasteiger partial charge in [0.25, 0.3) is 0 Å². The van der Waals surface area contributed by atoms with Crippen LogP contribution in [0, 0.1) is 6.92 Å². The first-order chi connectivity index (χ1) is 13.7. The molecule has 3 aromatic rings. The molecule has 5 nitrogen and oxygen atoms in total. The summed E-state index contributed by atoms with van der Waals surface area (Å²) in [6.07, 6.45) is 0.990. The van der Waals surface area contributed by atoms with Gasteiger partial charge in [-0.3, -0.25) is 9.69 Å². The zero-order chi connectivity index (χ0) is 19.3. The van der Waals surface area contributed by atoms with Gasteiger partial charge in [0, 0.05) is 49.9 Å². The maximum atomic E-state index is 11.5. The zero-order valence-electron chi connectivity index (χ0n) is 16.4. The summed E-state index contributed by atoms with van der Waals surface area (Å²) in [5.41, 5.74) is 3.37. The van der Waals surface area contributed by atoms with E-state index in [2.05, 4.69) is 46.0 Å². The van der Waals surface area contributed by atoms with Crippen LogP contribution in [0.5, 0.6) is 5.75 Å². The van der Waals surface area contributed by atoms with Crippen LogP contribution in [-0.2, 0) is 0 Å². The molecule has 2 heterocycles. The molecule has 1 fully saturated rings. The first-order valence-electron chi connectivity index (χ1n) is 9.98. The monoisotopic (exact) mass is 377 g/mol. The van der Waals surface area contributed by atoms with Crippen LogP contribution in [0.4, 0.5) is 5.69 Å². The van der Waals surface area contributed by atoms with Crippen molar-refractivity contribution >= 4 is 16.6 Å². The van der Waals surface area contributed by atoms with Gasteiger partial charge < -0.3 is 14.6 Å². The van der Waals surface area contributed by atoms with Crippen molar-refractivity contribution in [2.45, 2.75) is 13.3 Å². The van der Waals surface area contributed by atoms with Crippen molar-refractivity contribution in [3.05, 3.63) is 70.5 Å². The van der Waals surface area contributed by atoms with Gasteiger partial charge in [0.2, 0.25) is 5.56 Å². The number of pyridine rings is 1. The molecule has 1 aliphatic heterocycles. The van der Waals surface area contributed by atoms with Gasteiger partial charge in [-0.1, -0.05) is 18.2 Å². The number of rotatable bonds is 6. The lowest BCUT2D eigenvalue weighted by Crippen LogP contribution is -2.46. The minimum Gasteiger partial charge on any atom is -0.493 e. The summed E-state index contributed by atoms with van der Waals surface area (Å²) in [7, 11) is 0. The number of aryl methyl sites for hydroxylation is 1. The number of fused-ring (bicyclic) bond motifs is 1. The Morgan fingerprint density at radius 1 is 1.00 bits per heavy atom. The highest BCUT2D eigenvalue weighted by Crippen LogP contribution is 2.23. The number of H-pyrrole nitrogens is 1. The summed E-state index contributed by atoms with van der Waals surface area (Å²) >= 11 is 0. The van der Waals surface area contributed by atoms with Crippen LogP contribution >= 0.6 is 0 Å². The molecule has 1 saturated heterocycles. The van der Waals surface area contributed by atoms with Crippen molar-refractivity contribution in [3.63, 3.8) is 0 Å². The van der Waals surface area contributed by atoms with E-state index >= 15 is 0 Å². The summed E-state index contributed by atoms with van der Waals surface area (Å²) in [5, 5.41) is 0.953. The third kappa shape index (κ3) is 4.37. The van der Waals surface area contributed by atoms with Gasteiger partial charge in [0.05, 0.1) is 12.1 Å². The molecule has 0 aliphatic carbocycles. The number of hydrogen-bond donors (Lipinski definition) is 1. The summed E-state index contributed by atoms with van der Waals surface area (Å²) in [6.45, 7) is 8.18. The average Bonchev–Trinajstić information content (AvgIpc) is 2.71. The van der Waals surface area contributed by atoms with E-state index in [0.29, 0.717) is 6.61 Å². The van der Waals surface area contributed by atoms with Gasteiger partial charge in [-0.05, 0) is 49.2 Å². The molecule has 1 N–H and O–H groups in total. The van der Waals surface area contributed by atoms with E-state index in [1.165, 1.54) is 11.3 Å². The lowest BCUT2D eigenvalue weighted by atomic mass is 10.2. The fourth-order valence-electron chi connectivity index (χ4n) is 3.81. The van der Waals surface area contributed by atoms with E-state index in [9.17, 15) is 4.79 Å². The van der Waals surface area contributed by atoms with Crippen LogP contribution in [0.1, 0.15) is 12.0 Å². The molecule has 146 valence electrons. The van der Waals surface area contributed by atoms with Crippen LogP contribution in [-0.4, -0.2) is 49.2 Å². The van der Waals surface area contributed by atoms with Crippen LogP contribution in [0.2, 0.25) is 0 Å². The molecule has 4 rings (SSSR count). The Kier molecular flexibility index (Phi) is 5.63. The first-order valence-corrected chi connectivity index (χ1v) is 9.98. The van der Waals surface area contributed by atoms with E-state index in [4.69, 9.17) is 4.74 Å². The summed E-state index contributed by atoms with van der Waals surface area (Å²) in [6, 6.07) is 17.9. The van der Waals surface area contributed by atoms with Crippen molar-refractivity contribution in [2.75, 3.05) is 44.2 Å². The molecule has 0 atom stereocenters. The van der Waals surface area contributed by atoms with E-state index in [0.717, 1.165) is 55.8 Å². The topological polar surface area (TPSA) is 48.6 Å². The summed E-state index contributed by atoms with van der Waals surface area (Å²) in [4.78, 5) is 19.3. The number of hydrogen-bond acceptors (Lipinski definition) is 4.